The Balaban J connectivity index is 1.88. The minimum Gasteiger partial charge on any atom is -0.505 e. The maximum absolute atomic E-state index is 12.9. The Bertz CT molecular complexity index is 1840. The van der Waals surface area contributed by atoms with Crippen LogP contribution >= 0.6 is 0 Å². The number of ether oxygens (including phenoxy) is 4. The van der Waals surface area contributed by atoms with E-state index in [1.165, 1.54) is 16.9 Å². The quantitative estimate of drug-likeness (QED) is 0.0549. The molecule has 4 rings (SSSR count). The highest BCUT2D eigenvalue weighted by atomic mass is 16.6. The number of fused-ring (bicyclic) bond motifs is 1. The van der Waals surface area contributed by atoms with Gasteiger partial charge >= 0.3 is 23.9 Å². The number of carbonyl (C=O) groups excluding carboxylic acids is 4. The van der Waals surface area contributed by atoms with Gasteiger partial charge in [0.15, 0.2) is 0 Å². The van der Waals surface area contributed by atoms with E-state index >= 15 is 0 Å². The number of phenols is 1. The zero-order valence-corrected chi connectivity index (χ0v) is 29.6. The Hall–Kier alpha value is -5.98. The number of nitrogens with zero attached hydrogens (tertiary/aromatic N) is 4. The van der Waals surface area contributed by atoms with Crippen molar-refractivity contribution >= 4 is 52.8 Å². The van der Waals surface area contributed by atoms with Crippen LogP contribution < -0.4 is 4.90 Å². The van der Waals surface area contributed by atoms with Gasteiger partial charge in [-0.2, -0.15) is 0 Å². The number of esters is 4. The summed E-state index contributed by atoms with van der Waals surface area (Å²) in [5.74, 6) is -3.51. The number of hydrogen-bond acceptors (Lipinski definition) is 12. The van der Waals surface area contributed by atoms with Crippen LogP contribution in [0.3, 0.4) is 0 Å². The van der Waals surface area contributed by atoms with Crippen molar-refractivity contribution in [1.29, 1.82) is 0 Å². The molecule has 0 fully saturated rings. The fourth-order valence-corrected chi connectivity index (χ4v) is 5.24. The maximum Gasteiger partial charge on any atom is 0.345 e. The maximum atomic E-state index is 12.9. The first kappa shape index (κ1) is 37.8. The van der Waals surface area contributed by atoms with Crippen LogP contribution in [0.2, 0.25) is 0 Å². The molecule has 13 nitrogen and oxygen atoms in total. The molecule has 0 spiro atoms. The average molecular weight is 699 g/mol. The molecule has 1 heterocycles. The molecule has 0 aliphatic carbocycles. The van der Waals surface area contributed by atoms with Crippen molar-refractivity contribution in [3.8, 4) is 11.4 Å². The number of anilines is 1. The Kier molecular flexibility index (Phi) is 13.1. The SMILES string of the molecule is CCOC(=O)C(=Cc1cc(C=C(C(=O)OCC)C(=O)OCC)cc(N(CC)Cc2cc(C)cc(-n3nc4ccccc4n3)c2O)c1)C(=O)OCC. The van der Waals surface area contributed by atoms with Crippen LogP contribution in [-0.4, -0.2) is 76.9 Å². The van der Waals surface area contributed by atoms with E-state index in [0.29, 0.717) is 45.6 Å². The van der Waals surface area contributed by atoms with E-state index in [-0.39, 0.29) is 49.9 Å². The van der Waals surface area contributed by atoms with Crippen molar-refractivity contribution in [2.75, 3.05) is 37.9 Å². The number of aromatic hydroxyl groups is 1. The lowest BCUT2D eigenvalue weighted by Crippen LogP contribution is -2.23. The van der Waals surface area contributed by atoms with Crippen molar-refractivity contribution in [2.45, 2.75) is 48.1 Å². The summed E-state index contributed by atoms with van der Waals surface area (Å²) in [6.07, 6.45) is 2.66. The van der Waals surface area contributed by atoms with E-state index in [2.05, 4.69) is 10.2 Å². The van der Waals surface area contributed by atoms with Crippen molar-refractivity contribution in [3.63, 3.8) is 0 Å². The second-order valence-corrected chi connectivity index (χ2v) is 11.1. The number of rotatable bonds is 15. The van der Waals surface area contributed by atoms with Gasteiger partial charge in [0.1, 0.15) is 33.6 Å². The minimum absolute atomic E-state index is 0.0191. The Morgan fingerprint density at radius 3 is 1.57 bits per heavy atom. The molecule has 0 radical (unpaired) electrons. The number of aryl methyl sites for hydroxylation is 1. The lowest BCUT2D eigenvalue weighted by atomic mass is 10.0. The van der Waals surface area contributed by atoms with Crippen LogP contribution in [0.1, 0.15) is 56.9 Å². The molecule has 0 saturated carbocycles. The Labute approximate surface area is 296 Å². The molecule has 0 aliphatic heterocycles. The molecule has 0 amide bonds. The molecule has 0 saturated heterocycles. The molecule has 1 N–H and O–H groups in total. The van der Waals surface area contributed by atoms with E-state index in [4.69, 9.17) is 18.9 Å². The van der Waals surface area contributed by atoms with Crippen LogP contribution in [0.5, 0.6) is 5.75 Å². The molecule has 51 heavy (non-hydrogen) atoms. The van der Waals surface area contributed by atoms with E-state index in [1.54, 1.807) is 52.0 Å². The molecule has 13 heteroatoms. The van der Waals surface area contributed by atoms with Gasteiger partial charge in [-0.1, -0.05) is 18.2 Å². The summed E-state index contributed by atoms with van der Waals surface area (Å²) in [7, 11) is 0. The summed E-state index contributed by atoms with van der Waals surface area (Å²) < 4.78 is 20.5. The van der Waals surface area contributed by atoms with Crippen molar-refractivity contribution in [1.82, 2.24) is 15.0 Å². The fraction of sp³-hybridized carbons (Fsp3) is 0.316. The lowest BCUT2D eigenvalue weighted by molar-refractivity contribution is -0.148. The van der Waals surface area contributed by atoms with Crippen molar-refractivity contribution < 1.29 is 43.2 Å². The number of phenolic OH excluding ortho intramolecular Hbond substituents is 1. The number of hydrogen-bond donors (Lipinski definition) is 1. The van der Waals surface area contributed by atoms with Crippen LogP contribution in [0.4, 0.5) is 5.69 Å². The normalized spacial score (nSPS) is 10.6. The second-order valence-electron chi connectivity index (χ2n) is 11.1. The summed E-state index contributed by atoms with van der Waals surface area (Å²) in [6.45, 7) is 11.1. The predicted molar refractivity (Wildman–Crippen MR) is 191 cm³/mol. The number of aromatic nitrogens is 3. The third-order valence-electron chi connectivity index (χ3n) is 7.49. The fourth-order valence-electron chi connectivity index (χ4n) is 5.24. The zero-order valence-electron chi connectivity index (χ0n) is 29.6. The molecular formula is C38H42N4O9. The predicted octanol–water partition coefficient (Wildman–Crippen LogP) is 5.48. The number of carbonyl (C=O) groups is 4. The summed E-state index contributed by atoms with van der Waals surface area (Å²) in [4.78, 5) is 54.8. The van der Waals surface area contributed by atoms with Gasteiger partial charge in [0, 0.05) is 24.3 Å². The van der Waals surface area contributed by atoms with E-state index in [0.717, 1.165) is 5.56 Å². The van der Waals surface area contributed by atoms with Gasteiger partial charge in [-0.25, -0.2) is 19.2 Å². The zero-order chi connectivity index (χ0) is 37.1. The van der Waals surface area contributed by atoms with Gasteiger partial charge in [0.25, 0.3) is 0 Å². The van der Waals surface area contributed by atoms with Crippen LogP contribution in [0.25, 0.3) is 28.9 Å². The molecule has 1 aromatic heterocycles. The van der Waals surface area contributed by atoms with Crippen LogP contribution in [0, 0.1) is 6.92 Å². The van der Waals surface area contributed by atoms with E-state index < -0.39 is 23.9 Å². The standard InChI is InChI=1S/C38H42N4O9/c1-7-41(23-27-16-24(6)17-33(34(27)43)42-39-31-14-12-13-15-32(31)40-42)28-19-25(21-29(35(44)48-8-2)36(45)49-9-3)18-26(20-28)22-30(37(46)50-10-4)38(47)51-11-5/h12-22,43H,7-11,23H2,1-6H3. The van der Waals surface area contributed by atoms with E-state index in [9.17, 15) is 24.3 Å². The van der Waals surface area contributed by atoms with Gasteiger partial charge in [-0.15, -0.1) is 15.0 Å². The Morgan fingerprint density at radius 2 is 1.16 bits per heavy atom. The summed E-state index contributed by atoms with van der Waals surface area (Å²) in [5, 5.41) is 20.6. The number of benzene rings is 3. The van der Waals surface area contributed by atoms with Gasteiger partial charge in [-0.3, -0.25) is 0 Å². The van der Waals surface area contributed by atoms with Gasteiger partial charge in [-0.05, 0) is 107 Å². The summed E-state index contributed by atoms with van der Waals surface area (Å²) >= 11 is 0. The van der Waals surface area contributed by atoms with Crippen LogP contribution in [0.15, 0.2) is 65.7 Å². The lowest BCUT2D eigenvalue weighted by Gasteiger charge is -2.25. The highest BCUT2D eigenvalue weighted by Crippen LogP contribution is 2.32. The Morgan fingerprint density at radius 1 is 0.706 bits per heavy atom. The van der Waals surface area contributed by atoms with Crippen molar-refractivity contribution in [2.24, 2.45) is 0 Å². The monoisotopic (exact) mass is 698 g/mol. The highest BCUT2D eigenvalue weighted by Gasteiger charge is 2.24. The van der Waals surface area contributed by atoms with Gasteiger partial charge in [0.2, 0.25) is 0 Å². The molecular weight excluding hydrogens is 656 g/mol. The summed E-state index contributed by atoms with van der Waals surface area (Å²) in [6, 6.07) is 16.1. The topological polar surface area (TPSA) is 159 Å². The summed E-state index contributed by atoms with van der Waals surface area (Å²) in [5.41, 5.74) is 3.80. The van der Waals surface area contributed by atoms with Crippen molar-refractivity contribution in [3.05, 3.63) is 88.0 Å². The first-order chi connectivity index (χ1) is 24.5. The smallest absolute Gasteiger partial charge is 0.345 e. The van der Waals surface area contributed by atoms with Crippen LogP contribution in [-0.2, 0) is 44.7 Å². The molecule has 0 bridgehead atoms. The molecule has 0 atom stereocenters. The first-order valence-corrected chi connectivity index (χ1v) is 16.7. The molecule has 0 unspecified atom stereocenters. The molecule has 3 aromatic carbocycles. The second kappa shape index (κ2) is 17.6. The highest BCUT2D eigenvalue weighted by molar-refractivity contribution is 6.18. The molecule has 268 valence electrons. The van der Waals surface area contributed by atoms with Gasteiger partial charge < -0.3 is 29.0 Å². The third-order valence-corrected chi connectivity index (χ3v) is 7.49. The average Bonchev–Trinajstić information content (AvgIpc) is 3.54. The first-order valence-electron chi connectivity index (χ1n) is 16.7. The van der Waals surface area contributed by atoms with Gasteiger partial charge in [0.05, 0.1) is 26.4 Å². The minimum atomic E-state index is -0.873. The third kappa shape index (κ3) is 9.38. The van der Waals surface area contributed by atoms with E-state index in [1.807, 2.05) is 49.1 Å². The largest absolute Gasteiger partial charge is 0.505 e. The molecule has 4 aromatic rings. The molecule has 0 aliphatic rings.